The molecule has 0 aromatic heterocycles. The molecule has 0 atom stereocenters. The molecule has 188 valence electrons. The quantitative estimate of drug-likeness (QED) is 0.399. The minimum absolute atomic E-state index is 0.00316. The largest absolute Gasteiger partial charge is 0.573 e. The molecule has 0 bridgehead atoms. The van der Waals surface area contributed by atoms with E-state index in [-0.39, 0.29) is 28.8 Å². The van der Waals surface area contributed by atoms with Crippen LogP contribution >= 0.6 is 0 Å². The first kappa shape index (κ1) is 25.9. The number of anilines is 1. The number of methoxy groups -OCH3 is 1. The minimum Gasteiger partial charge on any atom is -0.493 e. The molecule has 0 heterocycles. The number of nitrogens with one attached hydrogen (secondary N) is 2. The number of ether oxygens (including phenoxy) is 3. The van der Waals surface area contributed by atoms with Crippen LogP contribution in [0.1, 0.15) is 42.5 Å². The second kappa shape index (κ2) is 11.6. The molecule has 0 radical (unpaired) electrons. The molecule has 8 nitrogen and oxygen atoms in total. The highest BCUT2D eigenvalue weighted by Gasteiger charge is 2.31. The van der Waals surface area contributed by atoms with Crippen molar-refractivity contribution in [1.29, 1.82) is 0 Å². The summed E-state index contributed by atoms with van der Waals surface area (Å²) in [6, 6.07) is 8.79. The predicted molar refractivity (Wildman–Crippen MR) is 120 cm³/mol. The Morgan fingerprint density at radius 3 is 2.29 bits per heavy atom. The van der Waals surface area contributed by atoms with Crippen molar-refractivity contribution in [2.24, 2.45) is 0 Å². The third-order valence-corrected chi connectivity index (χ3v) is 5.30. The van der Waals surface area contributed by atoms with Gasteiger partial charge in [0.25, 0.3) is 11.8 Å². The number of Topliss-reactive ketones (excluding diaryl/α,β-unsaturated/α-hetero) is 1. The summed E-state index contributed by atoms with van der Waals surface area (Å²) in [5, 5.41) is 5.24. The molecule has 1 aliphatic rings. The van der Waals surface area contributed by atoms with Gasteiger partial charge in [0, 0.05) is 17.3 Å². The molecule has 0 aliphatic heterocycles. The second-order valence-corrected chi connectivity index (χ2v) is 7.91. The van der Waals surface area contributed by atoms with Crippen LogP contribution in [0.25, 0.3) is 0 Å². The summed E-state index contributed by atoms with van der Waals surface area (Å²) in [5.74, 6) is -2.06. The van der Waals surface area contributed by atoms with E-state index in [1.807, 2.05) is 0 Å². The van der Waals surface area contributed by atoms with Gasteiger partial charge in [0.15, 0.2) is 18.1 Å². The first-order chi connectivity index (χ1) is 16.6. The summed E-state index contributed by atoms with van der Waals surface area (Å²) in [7, 11) is 1.35. The number of carbonyl (C=O) groups excluding carboxylic acids is 3. The molecule has 11 heteroatoms. The molecule has 1 fully saturated rings. The van der Waals surface area contributed by atoms with Crippen molar-refractivity contribution in [2.45, 2.75) is 44.5 Å². The van der Waals surface area contributed by atoms with Crippen molar-refractivity contribution >= 4 is 23.3 Å². The summed E-state index contributed by atoms with van der Waals surface area (Å²) in [6.45, 7) is -0.438. The van der Waals surface area contributed by atoms with Crippen LogP contribution in [0, 0.1) is 0 Å². The van der Waals surface area contributed by atoms with Crippen LogP contribution in [0.2, 0.25) is 0 Å². The van der Waals surface area contributed by atoms with E-state index in [9.17, 15) is 27.6 Å². The van der Waals surface area contributed by atoms with E-state index in [4.69, 9.17) is 9.47 Å². The van der Waals surface area contributed by atoms with E-state index in [1.54, 1.807) is 0 Å². The number of hydrogen-bond acceptors (Lipinski definition) is 6. The Balaban J connectivity index is 1.54. The summed E-state index contributed by atoms with van der Waals surface area (Å²) >= 11 is 0. The van der Waals surface area contributed by atoms with Gasteiger partial charge in [-0.05, 0) is 55.3 Å². The highest BCUT2D eigenvalue weighted by atomic mass is 19.4. The Hall–Kier alpha value is -3.76. The normalized spacial score (nSPS) is 14.1. The molecule has 2 aromatic carbocycles. The fraction of sp³-hybridized carbons (Fsp3) is 0.375. The number of hydrogen-bond donors (Lipinski definition) is 2. The molecular formula is C24H25F3N2O6. The van der Waals surface area contributed by atoms with Gasteiger partial charge in [-0.1, -0.05) is 19.3 Å². The number of amides is 2. The monoisotopic (exact) mass is 494 g/mol. The van der Waals surface area contributed by atoms with E-state index in [1.165, 1.54) is 37.4 Å². The maximum atomic E-state index is 12.5. The molecule has 1 aliphatic carbocycles. The average Bonchev–Trinajstić information content (AvgIpc) is 2.83. The van der Waals surface area contributed by atoms with Gasteiger partial charge in [-0.2, -0.15) is 0 Å². The van der Waals surface area contributed by atoms with Crippen LogP contribution in [0.4, 0.5) is 18.9 Å². The van der Waals surface area contributed by atoms with Crippen LogP contribution in [-0.4, -0.2) is 43.7 Å². The first-order valence-electron chi connectivity index (χ1n) is 11.0. The number of alkyl halides is 3. The van der Waals surface area contributed by atoms with Gasteiger partial charge in [-0.25, -0.2) is 0 Å². The third-order valence-electron chi connectivity index (χ3n) is 5.30. The van der Waals surface area contributed by atoms with Crippen LogP contribution < -0.4 is 24.8 Å². The van der Waals surface area contributed by atoms with Gasteiger partial charge in [-0.15, -0.1) is 13.2 Å². The molecule has 2 aromatic rings. The molecule has 2 N–H and O–H groups in total. The van der Waals surface area contributed by atoms with Crippen LogP contribution in [0.3, 0.4) is 0 Å². The van der Waals surface area contributed by atoms with Gasteiger partial charge >= 0.3 is 6.36 Å². The van der Waals surface area contributed by atoms with Gasteiger partial charge in [-0.3, -0.25) is 14.4 Å². The molecule has 0 saturated heterocycles. The lowest BCUT2D eigenvalue weighted by Crippen LogP contribution is -2.40. The van der Waals surface area contributed by atoms with Gasteiger partial charge in [0.1, 0.15) is 5.75 Å². The van der Waals surface area contributed by atoms with Crippen molar-refractivity contribution in [2.75, 3.05) is 19.0 Å². The lowest BCUT2D eigenvalue weighted by Gasteiger charge is -2.22. The Morgan fingerprint density at radius 2 is 1.66 bits per heavy atom. The van der Waals surface area contributed by atoms with Crippen molar-refractivity contribution in [3.8, 4) is 17.2 Å². The molecule has 3 rings (SSSR count). The van der Waals surface area contributed by atoms with Gasteiger partial charge < -0.3 is 24.8 Å². The van der Waals surface area contributed by atoms with Crippen LogP contribution in [0.5, 0.6) is 17.2 Å². The zero-order chi connectivity index (χ0) is 25.4. The van der Waals surface area contributed by atoms with Crippen molar-refractivity contribution in [3.63, 3.8) is 0 Å². The summed E-state index contributed by atoms with van der Waals surface area (Å²) in [4.78, 5) is 37.0. The number of rotatable bonds is 9. The highest BCUT2D eigenvalue weighted by Crippen LogP contribution is 2.29. The lowest BCUT2D eigenvalue weighted by atomic mass is 9.95. The van der Waals surface area contributed by atoms with E-state index < -0.39 is 36.3 Å². The predicted octanol–water partition coefficient (Wildman–Crippen LogP) is 4.24. The number of halogens is 3. The highest BCUT2D eigenvalue weighted by molar-refractivity contribution is 6.42. The maximum absolute atomic E-state index is 12.5. The summed E-state index contributed by atoms with van der Waals surface area (Å²) in [6.07, 6.45) is 0.0528. The Morgan fingerprint density at radius 1 is 0.971 bits per heavy atom. The lowest BCUT2D eigenvalue weighted by molar-refractivity contribution is -0.274. The Kier molecular flexibility index (Phi) is 8.56. The van der Waals surface area contributed by atoms with E-state index in [0.29, 0.717) is 0 Å². The number of benzene rings is 2. The molecule has 0 spiro atoms. The first-order valence-corrected chi connectivity index (χ1v) is 11.0. The topological polar surface area (TPSA) is 103 Å². The Labute approximate surface area is 199 Å². The number of carbonyl (C=O) groups is 3. The van der Waals surface area contributed by atoms with Gasteiger partial charge in [0.2, 0.25) is 5.78 Å². The standard InChI is InChI=1S/C24H25F3N2O6/c1-33-20-13-15(22(31)23(32)29-16-5-3-2-4-6-16)7-12-19(20)34-14-21(30)28-17-8-10-18(11-9-17)35-24(25,26)27/h7-13,16H,2-6,14H2,1H3,(H,28,30)(H,29,32). The van der Waals surface area contributed by atoms with E-state index in [0.717, 1.165) is 44.2 Å². The van der Waals surface area contributed by atoms with Crippen LogP contribution in [-0.2, 0) is 9.59 Å². The minimum atomic E-state index is -4.81. The molecule has 35 heavy (non-hydrogen) atoms. The molecule has 0 unspecified atom stereocenters. The number of ketones is 1. The van der Waals surface area contributed by atoms with E-state index >= 15 is 0 Å². The zero-order valence-corrected chi connectivity index (χ0v) is 18.9. The summed E-state index contributed by atoms with van der Waals surface area (Å²) < 4.78 is 51.1. The van der Waals surface area contributed by atoms with Crippen LogP contribution in [0.15, 0.2) is 42.5 Å². The SMILES string of the molecule is COc1cc(C(=O)C(=O)NC2CCCCC2)ccc1OCC(=O)Nc1ccc(OC(F)(F)F)cc1. The molecule has 1 saturated carbocycles. The molecule has 2 amide bonds. The summed E-state index contributed by atoms with van der Waals surface area (Å²) in [5.41, 5.74) is 0.359. The van der Waals surface area contributed by atoms with Crippen molar-refractivity contribution in [1.82, 2.24) is 5.32 Å². The average molecular weight is 494 g/mol. The van der Waals surface area contributed by atoms with E-state index in [2.05, 4.69) is 15.4 Å². The Bertz CT molecular complexity index is 1050. The zero-order valence-electron chi connectivity index (χ0n) is 18.9. The van der Waals surface area contributed by atoms with Gasteiger partial charge in [0.05, 0.1) is 7.11 Å². The fourth-order valence-electron chi connectivity index (χ4n) is 3.64. The van der Waals surface area contributed by atoms with Crippen molar-refractivity contribution < 1.29 is 41.8 Å². The fourth-order valence-corrected chi connectivity index (χ4v) is 3.64. The third kappa shape index (κ3) is 7.90. The van der Waals surface area contributed by atoms with Crippen molar-refractivity contribution in [3.05, 3.63) is 48.0 Å². The maximum Gasteiger partial charge on any atom is 0.573 e. The second-order valence-electron chi connectivity index (χ2n) is 7.91. The smallest absolute Gasteiger partial charge is 0.493 e. The molecular weight excluding hydrogens is 469 g/mol.